The molecule has 162 valence electrons. The van der Waals surface area contributed by atoms with Gasteiger partial charge in [0.1, 0.15) is 5.82 Å². The molecule has 0 radical (unpaired) electrons. The summed E-state index contributed by atoms with van der Waals surface area (Å²) in [4.78, 5) is 37.4. The predicted octanol–water partition coefficient (Wildman–Crippen LogP) is 1.93. The molecule has 1 aromatic heterocycles. The van der Waals surface area contributed by atoms with Crippen LogP contribution in [0.4, 0.5) is 4.39 Å². The fourth-order valence-electron chi connectivity index (χ4n) is 3.16. The number of halogens is 2. The molecule has 8 nitrogen and oxygen atoms in total. The van der Waals surface area contributed by atoms with E-state index in [9.17, 15) is 18.8 Å². The molecular weight excluding hydrogens is 417 g/mol. The summed E-state index contributed by atoms with van der Waals surface area (Å²) in [5.41, 5.74) is -1.32. The van der Waals surface area contributed by atoms with Crippen molar-refractivity contribution >= 4 is 17.6 Å². The number of carbonyl (C=O) groups excluding carboxylic acids is 1. The highest BCUT2D eigenvalue weighted by atomic mass is 35.5. The van der Waals surface area contributed by atoms with Crippen LogP contribution in [-0.4, -0.2) is 40.4 Å². The Labute approximate surface area is 177 Å². The molecule has 2 aromatic rings. The highest BCUT2D eigenvalue weighted by molar-refractivity contribution is 6.33. The van der Waals surface area contributed by atoms with Crippen molar-refractivity contribution in [2.24, 2.45) is 0 Å². The van der Waals surface area contributed by atoms with Crippen molar-refractivity contribution in [3.63, 3.8) is 0 Å². The first kappa shape index (κ1) is 22.2. The van der Waals surface area contributed by atoms with Crippen LogP contribution in [0.15, 0.2) is 34.0 Å². The maximum absolute atomic E-state index is 14.0. The molecule has 1 N–H and O–H groups in total. The standard InChI is InChI=1S/C20H23ClFN3O5/c1-12(7-23-20(3)9-29-10-20)25-18(27)15(14-5-4-6-16(22)17(14)21)8-24(19(25)28)11-30-13(2)26/h4-6,8,12,23H,7,9-11H2,1-3H3/t12-/m0/s1. The molecule has 0 aliphatic carbocycles. The van der Waals surface area contributed by atoms with Crippen molar-refractivity contribution < 1.29 is 18.7 Å². The van der Waals surface area contributed by atoms with Gasteiger partial charge in [0.25, 0.3) is 5.56 Å². The smallest absolute Gasteiger partial charge is 0.334 e. The SMILES string of the molecule is CC(=O)OCn1cc(-c2cccc(F)c2Cl)c(=O)n([C@@H](C)CNC2(C)COC2)c1=O. The zero-order valence-electron chi connectivity index (χ0n) is 16.9. The number of ether oxygens (including phenoxy) is 2. The van der Waals surface area contributed by atoms with Crippen molar-refractivity contribution in [2.45, 2.75) is 39.1 Å². The average Bonchev–Trinajstić information content (AvgIpc) is 2.66. The summed E-state index contributed by atoms with van der Waals surface area (Å²) in [6.45, 7) is 5.90. The molecule has 0 spiro atoms. The van der Waals surface area contributed by atoms with Crippen LogP contribution in [-0.2, 0) is 21.0 Å². The molecule has 3 rings (SSSR count). The molecule has 1 saturated heterocycles. The van der Waals surface area contributed by atoms with E-state index in [1.807, 2.05) is 6.92 Å². The first-order valence-corrected chi connectivity index (χ1v) is 9.77. The molecule has 1 aliphatic heterocycles. The molecule has 1 aromatic carbocycles. The summed E-state index contributed by atoms with van der Waals surface area (Å²) in [6.07, 6.45) is 1.23. The zero-order valence-corrected chi connectivity index (χ0v) is 17.7. The minimum atomic E-state index is -0.689. The number of aromatic nitrogens is 2. The topological polar surface area (TPSA) is 91.6 Å². The minimum absolute atomic E-state index is 0.0243. The van der Waals surface area contributed by atoms with Gasteiger partial charge in [-0.2, -0.15) is 0 Å². The Morgan fingerprint density at radius 2 is 2.07 bits per heavy atom. The van der Waals surface area contributed by atoms with E-state index >= 15 is 0 Å². The van der Waals surface area contributed by atoms with Gasteiger partial charge >= 0.3 is 11.7 Å². The first-order chi connectivity index (χ1) is 14.1. The van der Waals surface area contributed by atoms with E-state index in [2.05, 4.69) is 5.32 Å². The molecular formula is C20H23ClFN3O5. The minimum Gasteiger partial charge on any atom is -0.444 e. The normalized spacial score (nSPS) is 16.0. The fraction of sp³-hybridized carbons (Fsp3) is 0.450. The average molecular weight is 440 g/mol. The Morgan fingerprint density at radius 1 is 1.37 bits per heavy atom. The van der Waals surface area contributed by atoms with Crippen molar-refractivity contribution in [3.8, 4) is 11.1 Å². The molecule has 30 heavy (non-hydrogen) atoms. The number of esters is 1. The van der Waals surface area contributed by atoms with Crippen molar-refractivity contribution in [2.75, 3.05) is 19.8 Å². The van der Waals surface area contributed by atoms with E-state index in [1.165, 1.54) is 31.3 Å². The second kappa shape index (κ2) is 8.71. The highest BCUT2D eigenvalue weighted by Gasteiger charge is 2.33. The van der Waals surface area contributed by atoms with Crippen LogP contribution in [0.5, 0.6) is 0 Å². The molecule has 2 heterocycles. The molecule has 0 saturated carbocycles. The van der Waals surface area contributed by atoms with Crippen LogP contribution < -0.4 is 16.6 Å². The van der Waals surface area contributed by atoms with E-state index in [1.54, 1.807) is 6.92 Å². The number of carbonyl (C=O) groups is 1. The lowest BCUT2D eigenvalue weighted by Crippen LogP contribution is -2.59. The zero-order chi connectivity index (χ0) is 22.1. The quantitative estimate of drug-likeness (QED) is 0.663. The maximum atomic E-state index is 14.0. The fourth-order valence-corrected chi connectivity index (χ4v) is 3.38. The molecule has 0 amide bonds. The van der Waals surface area contributed by atoms with Gasteiger partial charge in [0, 0.05) is 25.2 Å². The molecule has 0 unspecified atom stereocenters. The summed E-state index contributed by atoms with van der Waals surface area (Å²) in [6, 6.07) is 3.54. The second-order valence-electron chi connectivity index (χ2n) is 7.62. The third-order valence-electron chi connectivity index (χ3n) is 4.94. The van der Waals surface area contributed by atoms with E-state index in [4.69, 9.17) is 21.1 Å². The number of hydrogen-bond acceptors (Lipinski definition) is 6. The van der Waals surface area contributed by atoms with Gasteiger partial charge in [0.15, 0.2) is 6.73 Å². The van der Waals surface area contributed by atoms with Gasteiger partial charge in [-0.05, 0) is 19.9 Å². The predicted molar refractivity (Wildman–Crippen MR) is 109 cm³/mol. The van der Waals surface area contributed by atoms with Gasteiger partial charge in [-0.15, -0.1) is 0 Å². The lowest BCUT2D eigenvalue weighted by Gasteiger charge is -2.39. The number of nitrogens with zero attached hydrogens (tertiary/aromatic N) is 2. The third-order valence-corrected chi connectivity index (χ3v) is 5.33. The second-order valence-corrected chi connectivity index (χ2v) is 8.00. The lowest BCUT2D eigenvalue weighted by molar-refractivity contribution is -0.144. The molecule has 0 bridgehead atoms. The number of rotatable bonds is 7. The lowest BCUT2D eigenvalue weighted by atomic mass is 10.0. The van der Waals surface area contributed by atoms with Gasteiger partial charge in [0.05, 0.1) is 35.4 Å². The molecule has 1 fully saturated rings. The summed E-state index contributed by atoms with van der Waals surface area (Å²) in [5.74, 6) is -1.27. The van der Waals surface area contributed by atoms with E-state index in [0.29, 0.717) is 19.8 Å². The Morgan fingerprint density at radius 3 is 2.67 bits per heavy atom. The van der Waals surface area contributed by atoms with Crippen LogP contribution in [0.1, 0.15) is 26.8 Å². The van der Waals surface area contributed by atoms with Crippen molar-refractivity contribution in [1.82, 2.24) is 14.5 Å². The Kier molecular flexibility index (Phi) is 6.44. The maximum Gasteiger partial charge on any atom is 0.334 e. The highest BCUT2D eigenvalue weighted by Crippen LogP contribution is 2.27. The first-order valence-electron chi connectivity index (χ1n) is 9.39. The van der Waals surface area contributed by atoms with Gasteiger partial charge in [-0.25, -0.2) is 9.18 Å². The Hall–Kier alpha value is -2.49. The monoisotopic (exact) mass is 439 g/mol. The van der Waals surface area contributed by atoms with Gasteiger partial charge in [-0.3, -0.25) is 18.7 Å². The van der Waals surface area contributed by atoms with Crippen LogP contribution in [0.2, 0.25) is 5.02 Å². The summed E-state index contributed by atoms with van der Waals surface area (Å²) in [5, 5.41) is 3.06. The molecule has 10 heteroatoms. The van der Waals surface area contributed by atoms with Crippen LogP contribution in [0, 0.1) is 5.82 Å². The summed E-state index contributed by atoms with van der Waals surface area (Å²) >= 11 is 6.08. The van der Waals surface area contributed by atoms with Gasteiger partial charge in [-0.1, -0.05) is 23.7 Å². The van der Waals surface area contributed by atoms with E-state index < -0.39 is 29.1 Å². The molecule has 1 atom stereocenters. The van der Waals surface area contributed by atoms with E-state index in [-0.39, 0.29) is 28.4 Å². The Balaban J connectivity index is 2.08. The van der Waals surface area contributed by atoms with Crippen molar-refractivity contribution in [1.29, 1.82) is 0 Å². The van der Waals surface area contributed by atoms with Crippen LogP contribution in [0.25, 0.3) is 11.1 Å². The number of benzene rings is 1. The third kappa shape index (κ3) is 4.48. The number of nitrogens with one attached hydrogen (secondary N) is 1. The van der Waals surface area contributed by atoms with Gasteiger partial charge in [0.2, 0.25) is 0 Å². The summed E-state index contributed by atoms with van der Waals surface area (Å²) in [7, 11) is 0. The van der Waals surface area contributed by atoms with Crippen LogP contribution >= 0.6 is 11.6 Å². The Bertz CT molecular complexity index is 1080. The largest absolute Gasteiger partial charge is 0.444 e. The molecule has 1 aliphatic rings. The van der Waals surface area contributed by atoms with Gasteiger partial charge < -0.3 is 14.8 Å². The van der Waals surface area contributed by atoms with Crippen LogP contribution in [0.3, 0.4) is 0 Å². The summed E-state index contributed by atoms with van der Waals surface area (Å²) < 4.78 is 26.3. The number of hydrogen-bond donors (Lipinski definition) is 1. The van der Waals surface area contributed by atoms with E-state index in [0.717, 1.165) is 9.13 Å². The van der Waals surface area contributed by atoms with Crippen molar-refractivity contribution in [3.05, 3.63) is 56.1 Å².